The highest BCUT2D eigenvalue weighted by molar-refractivity contribution is 7.89. The van der Waals surface area contributed by atoms with Crippen molar-refractivity contribution in [1.82, 2.24) is 4.72 Å². The quantitative estimate of drug-likeness (QED) is 0.188. The second-order valence-corrected chi connectivity index (χ2v) is 10.7. The van der Waals surface area contributed by atoms with Crippen LogP contribution in [0.2, 0.25) is 0 Å². The van der Waals surface area contributed by atoms with Crippen molar-refractivity contribution in [3.63, 3.8) is 0 Å². The Kier molecular flexibility index (Phi) is 9.63. The van der Waals surface area contributed by atoms with Gasteiger partial charge in [0.2, 0.25) is 10.0 Å². The van der Waals surface area contributed by atoms with Gasteiger partial charge in [-0.1, -0.05) is 12.1 Å². The van der Waals surface area contributed by atoms with Crippen LogP contribution >= 0.6 is 0 Å². The molecular formula is C23H28F3N3O7S. The Morgan fingerprint density at radius 1 is 1.16 bits per heavy atom. The fourth-order valence-electron chi connectivity index (χ4n) is 3.10. The van der Waals surface area contributed by atoms with Crippen LogP contribution in [0.1, 0.15) is 38.3 Å². The highest BCUT2D eigenvalue weighted by Crippen LogP contribution is 2.31. The summed E-state index contributed by atoms with van der Waals surface area (Å²) in [5, 5.41) is 11.5. The summed E-state index contributed by atoms with van der Waals surface area (Å²) in [6.07, 6.45) is -4.73. The monoisotopic (exact) mass is 547 g/mol. The molecule has 0 spiro atoms. The van der Waals surface area contributed by atoms with Gasteiger partial charge in [0.05, 0.1) is 22.0 Å². The molecule has 37 heavy (non-hydrogen) atoms. The number of halogens is 3. The van der Waals surface area contributed by atoms with Gasteiger partial charge in [-0.3, -0.25) is 14.9 Å². The lowest BCUT2D eigenvalue weighted by molar-refractivity contribution is -0.385. The maximum absolute atomic E-state index is 13.1. The van der Waals surface area contributed by atoms with Crippen molar-refractivity contribution < 1.29 is 40.8 Å². The molecule has 14 heteroatoms. The fraction of sp³-hybridized carbons (Fsp3) is 0.435. The molecule has 0 heterocycles. The van der Waals surface area contributed by atoms with Gasteiger partial charge in [0.15, 0.2) is 5.75 Å². The van der Waals surface area contributed by atoms with Gasteiger partial charge < -0.3 is 15.2 Å². The predicted molar refractivity (Wildman–Crippen MR) is 127 cm³/mol. The lowest BCUT2D eigenvalue weighted by Gasteiger charge is -2.25. The van der Waals surface area contributed by atoms with E-state index in [4.69, 9.17) is 15.2 Å². The number of carbonyl (C=O) groups is 1. The van der Waals surface area contributed by atoms with Gasteiger partial charge in [-0.15, -0.1) is 0 Å². The summed E-state index contributed by atoms with van der Waals surface area (Å²) < 4.78 is 77.9. The summed E-state index contributed by atoms with van der Waals surface area (Å²) in [7, 11) is -4.63. The second kappa shape index (κ2) is 11.9. The number of nitro benzene ring substituents is 1. The van der Waals surface area contributed by atoms with E-state index in [1.165, 1.54) is 12.1 Å². The van der Waals surface area contributed by atoms with Crippen LogP contribution in [0.4, 0.5) is 18.9 Å². The highest BCUT2D eigenvalue weighted by Gasteiger charge is 2.34. The van der Waals surface area contributed by atoms with Crippen molar-refractivity contribution >= 4 is 21.7 Å². The predicted octanol–water partition coefficient (Wildman–Crippen LogP) is 3.57. The number of hydrogen-bond donors (Lipinski definition) is 2. The van der Waals surface area contributed by atoms with Gasteiger partial charge in [-0.05, 0) is 70.0 Å². The van der Waals surface area contributed by atoms with Crippen molar-refractivity contribution in [3.8, 4) is 5.75 Å². The maximum atomic E-state index is 13.1. The average molecular weight is 548 g/mol. The van der Waals surface area contributed by atoms with E-state index in [1.54, 1.807) is 20.8 Å². The van der Waals surface area contributed by atoms with Crippen molar-refractivity contribution in [2.24, 2.45) is 5.73 Å². The molecule has 0 bridgehead atoms. The number of carbonyl (C=O) groups excluding carboxylic acids is 1. The molecule has 0 saturated carbocycles. The largest absolute Gasteiger partial charge is 0.487 e. The Labute approximate surface area is 212 Å². The maximum Gasteiger partial charge on any atom is 0.416 e. The van der Waals surface area contributed by atoms with E-state index in [0.29, 0.717) is 25.1 Å². The molecule has 0 saturated heterocycles. The topological polar surface area (TPSA) is 151 Å². The standard InChI is InChI=1S/C23H28F3N3O7S/c1-22(2,3)36-21(30)18(28-37(33,34)17-7-4-6-16(14-17)23(24,25)26)12-15-8-9-20(35-11-5-10-27)19(13-15)29(31)32/h4,6-9,13-14,18,28H,5,10-12,27H2,1-3H3/t18-/m0/s1. The highest BCUT2D eigenvalue weighted by atomic mass is 32.2. The first-order valence-electron chi connectivity index (χ1n) is 11.1. The summed E-state index contributed by atoms with van der Waals surface area (Å²) >= 11 is 0. The third kappa shape index (κ3) is 8.98. The summed E-state index contributed by atoms with van der Waals surface area (Å²) in [6.45, 7) is 5.08. The van der Waals surface area contributed by atoms with Crippen LogP contribution in [0.5, 0.6) is 5.75 Å². The Balaban J connectivity index is 2.42. The minimum Gasteiger partial charge on any atom is -0.487 e. The number of sulfonamides is 1. The number of nitrogens with two attached hydrogens (primary N) is 1. The molecule has 2 rings (SSSR count). The Bertz CT molecular complexity index is 1230. The van der Waals surface area contributed by atoms with Gasteiger partial charge in [-0.25, -0.2) is 8.42 Å². The number of esters is 1. The van der Waals surface area contributed by atoms with Crippen LogP contribution in [0.25, 0.3) is 0 Å². The number of nitrogens with zero attached hydrogens (tertiary/aromatic N) is 1. The molecule has 0 fully saturated rings. The first-order valence-corrected chi connectivity index (χ1v) is 12.5. The van der Waals surface area contributed by atoms with Gasteiger partial charge in [-0.2, -0.15) is 17.9 Å². The van der Waals surface area contributed by atoms with Crippen molar-refractivity contribution in [2.75, 3.05) is 13.2 Å². The zero-order valence-corrected chi connectivity index (χ0v) is 21.2. The molecule has 0 aliphatic carbocycles. The van der Waals surface area contributed by atoms with Crippen LogP contribution in [-0.2, 0) is 32.2 Å². The van der Waals surface area contributed by atoms with Crippen molar-refractivity contribution in [2.45, 2.75) is 56.3 Å². The molecule has 3 N–H and O–H groups in total. The first-order chi connectivity index (χ1) is 17.0. The molecule has 0 aliphatic rings. The lowest BCUT2D eigenvalue weighted by Crippen LogP contribution is -2.45. The normalized spacial score (nSPS) is 13.2. The van der Waals surface area contributed by atoms with Crippen molar-refractivity contribution in [1.29, 1.82) is 0 Å². The van der Waals surface area contributed by atoms with E-state index in [1.807, 2.05) is 0 Å². The fourth-order valence-corrected chi connectivity index (χ4v) is 4.33. The van der Waals surface area contributed by atoms with E-state index < -0.39 is 61.3 Å². The van der Waals surface area contributed by atoms with Gasteiger partial charge >= 0.3 is 17.8 Å². The molecule has 0 aromatic heterocycles. The number of alkyl halides is 3. The molecule has 0 unspecified atom stereocenters. The third-order valence-corrected chi connectivity index (χ3v) is 6.20. The molecule has 2 aromatic rings. The summed E-state index contributed by atoms with van der Waals surface area (Å²) in [4.78, 5) is 23.0. The minimum absolute atomic E-state index is 0.0411. The molecule has 0 amide bonds. The average Bonchev–Trinajstić information content (AvgIpc) is 2.77. The smallest absolute Gasteiger partial charge is 0.416 e. The lowest BCUT2D eigenvalue weighted by atomic mass is 10.0. The summed E-state index contributed by atoms with van der Waals surface area (Å²) in [5.41, 5.74) is 2.94. The number of nitrogens with one attached hydrogen (secondary N) is 1. The van der Waals surface area contributed by atoms with Gasteiger partial charge in [0, 0.05) is 6.07 Å². The van der Waals surface area contributed by atoms with E-state index in [2.05, 4.69) is 4.72 Å². The number of nitro groups is 1. The van der Waals surface area contributed by atoms with Crippen LogP contribution in [0.15, 0.2) is 47.4 Å². The first kappa shape index (κ1) is 30.0. The number of hydrogen-bond acceptors (Lipinski definition) is 8. The molecule has 1 atom stereocenters. The van der Waals surface area contributed by atoms with Gasteiger partial charge in [0.1, 0.15) is 11.6 Å². The zero-order valence-electron chi connectivity index (χ0n) is 20.4. The van der Waals surface area contributed by atoms with Crippen LogP contribution in [0.3, 0.4) is 0 Å². The van der Waals surface area contributed by atoms with E-state index in [9.17, 15) is 36.5 Å². The zero-order chi connectivity index (χ0) is 28.0. The third-order valence-electron chi connectivity index (χ3n) is 4.73. The number of benzene rings is 2. The summed E-state index contributed by atoms with van der Waals surface area (Å²) in [5.74, 6) is -1.06. The van der Waals surface area contributed by atoms with E-state index >= 15 is 0 Å². The molecule has 10 nitrogen and oxygen atoms in total. The van der Waals surface area contributed by atoms with E-state index in [-0.39, 0.29) is 17.9 Å². The molecular weight excluding hydrogens is 519 g/mol. The van der Waals surface area contributed by atoms with E-state index in [0.717, 1.165) is 18.2 Å². The Morgan fingerprint density at radius 3 is 2.41 bits per heavy atom. The number of ether oxygens (including phenoxy) is 2. The second-order valence-electron chi connectivity index (χ2n) is 8.99. The summed E-state index contributed by atoms with van der Waals surface area (Å²) in [6, 6.07) is 5.23. The molecule has 0 radical (unpaired) electrons. The molecule has 204 valence electrons. The molecule has 2 aromatic carbocycles. The Hall–Kier alpha value is -3.23. The van der Waals surface area contributed by atoms with Crippen LogP contribution in [0, 0.1) is 10.1 Å². The number of rotatable bonds is 11. The molecule has 0 aliphatic heterocycles. The van der Waals surface area contributed by atoms with Crippen LogP contribution in [-0.4, -0.2) is 44.1 Å². The SMILES string of the molecule is CC(C)(C)OC(=O)[C@H](Cc1ccc(OCCCN)c([N+](=O)[O-])c1)NS(=O)(=O)c1cccc(C(F)(F)F)c1. The van der Waals surface area contributed by atoms with Gasteiger partial charge in [0.25, 0.3) is 0 Å². The minimum atomic E-state index is -4.79. The Morgan fingerprint density at radius 2 is 1.84 bits per heavy atom. The van der Waals surface area contributed by atoms with Crippen molar-refractivity contribution in [3.05, 3.63) is 63.7 Å². The van der Waals surface area contributed by atoms with Crippen LogP contribution < -0.4 is 15.2 Å².